The van der Waals surface area contributed by atoms with E-state index < -0.39 is 21.5 Å². The molecular weight excluding hydrogens is 486 g/mol. The van der Waals surface area contributed by atoms with Crippen molar-refractivity contribution in [2.24, 2.45) is 5.41 Å². The van der Waals surface area contributed by atoms with E-state index >= 15 is 0 Å². The molecule has 2 N–H and O–H groups in total. The van der Waals surface area contributed by atoms with E-state index in [9.17, 15) is 18.0 Å². The summed E-state index contributed by atoms with van der Waals surface area (Å²) in [5.74, 6) is -0.654. The van der Waals surface area contributed by atoms with Crippen LogP contribution in [-0.2, 0) is 14.8 Å². The number of fused-ring (bicyclic) bond motifs is 1. The third kappa shape index (κ3) is 5.26. The van der Waals surface area contributed by atoms with E-state index in [2.05, 4.69) is 10.6 Å². The maximum absolute atomic E-state index is 14.2. The first kappa shape index (κ1) is 26.8. The molecule has 4 rings (SSSR count). The fraction of sp³-hybridized carbons (Fsp3) is 0.379. The largest absolute Gasteiger partial charge is 0.321 e. The fourth-order valence-corrected chi connectivity index (χ4v) is 7.11. The summed E-state index contributed by atoms with van der Waals surface area (Å²) < 4.78 is 29.6. The topological polar surface area (TPSA) is 95.6 Å². The first-order valence-electron chi connectivity index (χ1n) is 12.7. The van der Waals surface area contributed by atoms with E-state index in [-0.39, 0.29) is 23.1 Å². The highest BCUT2D eigenvalue weighted by Gasteiger charge is 2.44. The molecule has 1 aliphatic rings. The molecule has 1 unspecified atom stereocenters. The van der Waals surface area contributed by atoms with Crippen molar-refractivity contribution in [3.8, 4) is 0 Å². The van der Waals surface area contributed by atoms with Gasteiger partial charge in [0.15, 0.2) is 0 Å². The van der Waals surface area contributed by atoms with Gasteiger partial charge in [-0.3, -0.25) is 9.59 Å². The number of amides is 2. The van der Waals surface area contributed by atoms with E-state index in [0.717, 1.165) is 9.87 Å². The average Bonchev–Trinajstić information content (AvgIpc) is 2.85. The molecule has 0 spiro atoms. The van der Waals surface area contributed by atoms with Crippen LogP contribution < -0.4 is 10.6 Å². The Morgan fingerprint density at radius 3 is 2.38 bits per heavy atom. The van der Waals surface area contributed by atoms with Crippen molar-refractivity contribution in [1.29, 1.82) is 0 Å². The lowest BCUT2D eigenvalue weighted by Gasteiger charge is -2.44. The molecule has 196 valence electrons. The summed E-state index contributed by atoms with van der Waals surface area (Å²) in [6.07, 6.45) is 1.26. The molecule has 8 heteroatoms. The van der Waals surface area contributed by atoms with Gasteiger partial charge in [-0.05, 0) is 55.5 Å². The summed E-state index contributed by atoms with van der Waals surface area (Å²) in [6, 6.07) is 17.0. The van der Waals surface area contributed by atoms with E-state index in [1.54, 1.807) is 42.5 Å². The third-order valence-electron chi connectivity index (χ3n) is 7.13. The molecular formula is C29H35N3O4S. The van der Waals surface area contributed by atoms with Gasteiger partial charge in [-0.25, -0.2) is 12.7 Å². The van der Waals surface area contributed by atoms with Gasteiger partial charge in [0.2, 0.25) is 5.91 Å². The number of nitrogens with one attached hydrogen (secondary N) is 2. The minimum atomic E-state index is -4.18. The quantitative estimate of drug-likeness (QED) is 0.451. The van der Waals surface area contributed by atoms with Crippen LogP contribution in [0, 0.1) is 12.3 Å². The number of hydrogen-bond acceptors (Lipinski definition) is 5. The molecule has 0 bridgehead atoms. The summed E-state index contributed by atoms with van der Waals surface area (Å²) in [6.45, 7) is 8.99. The fourth-order valence-electron chi connectivity index (χ4n) is 5.12. The Hall–Kier alpha value is -3.23. The van der Waals surface area contributed by atoms with Crippen molar-refractivity contribution >= 4 is 38.3 Å². The molecule has 0 aliphatic carbocycles. The number of piperidine rings is 1. The van der Waals surface area contributed by atoms with Gasteiger partial charge in [-0.2, -0.15) is 0 Å². The number of sulfonamides is 1. The molecule has 1 atom stereocenters. The molecule has 1 heterocycles. The first-order valence-corrected chi connectivity index (χ1v) is 14.2. The number of rotatable bonds is 7. The van der Waals surface area contributed by atoms with Gasteiger partial charge in [0.25, 0.3) is 15.9 Å². The average molecular weight is 522 g/mol. The normalized spacial score (nSPS) is 17.4. The maximum atomic E-state index is 14.2. The van der Waals surface area contributed by atoms with Gasteiger partial charge in [0.1, 0.15) is 0 Å². The Morgan fingerprint density at radius 2 is 1.70 bits per heavy atom. The molecule has 0 saturated carbocycles. The first-order chi connectivity index (χ1) is 17.6. The summed E-state index contributed by atoms with van der Waals surface area (Å²) in [5.41, 5.74) is 1.48. The summed E-state index contributed by atoms with van der Waals surface area (Å²) in [5, 5.41) is 7.33. The van der Waals surface area contributed by atoms with Crippen molar-refractivity contribution in [3.05, 3.63) is 71.8 Å². The number of nitrogens with zero attached hydrogens (tertiary/aromatic N) is 1. The van der Waals surface area contributed by atoms with Crippen LogP contribution in [0.3, 0.4) is 0 Å². The number of aryl methyl sites for hydroxylation is 1. The zero-order valence-corrected chi connectivity index (χ0v) is 22.7. The SMILES string of the molecule is CCCC(=O)N(C1CCNCC1(C)C)S(=O)(=O)c1ccc(NC(=O)c2ccccc2C)c2ccccc12. The van der Waals surface area contributed by atoms with Crippen molar-refractivity contribution in [2.75, 3.05) is 18.4 Å². The molecule has 3 aromatic carbocycles. The molecule has 2 amide bonds. The number of hydrogen-bond donors (Lipinski definition) is 2. The second kappa shape index (κ2) is 10.6. The molecule has 1 aliphatic heterocycles. The van der Waals surface area contributed by atoms with Crippen LogP contribution in [-0.4, -0.2) is 43.7 Å². The third-order valence-corrected chi connectivity index (χ3v) is 9.02. The van der Waals surface area contributed by atoms with Crippen molar-refractivity contribution < 1.29 is 18.0 Å². The molecule has 7 nitrogen and oxygen atoms in total. The molecule has 1 fully saturated rings. The number of anilines is 1. The molecule has 3 aromatic rings. The van der Waals surface area contributed by atoms with E-state index in [0.29, 0.717) is 48.0 Å². The van der Waals surface area contributed by atoms with Gasteiger partial charge in [0.05, 0.1) is 10.9 Å². The van der Waals surface area contributed by atoms with Gasteiger partial charge in [-0.1, -0.05) is 63.2 Å². The van der Waals surface area contributed by atoms with Crippen LogP contribution in [0.4, 0.5) is 5.69 Å². The lowest BCUT2D eigenvalue weighted by atomic mass is 9.80. The lowest BCUT2D eigenvalue weighted by molar-refractivity contribution is -0.130. The molecule has 0 radical (unpaired) electrons. The summed E-state index contributed by atoms with van der Waals surface area (Å²) >= 11 is 0. The van der Waals surface area contributed by atoms with Gasteiger partial charge in [-0.15, -0.1) is 0 Å². The van der Waals surface area contributed by atoms with Gasteiger partial charge in [0, 0.05) is 35.0 Å². The predicted octanol–water partition coefficient (Wildman–Crippen LogP) is 5.11. The lowest BCUT2D eigenvalue weighted by Crippen LogP contribution is -2.57. The van der Waals surface area contributed by atoms with E-state index in [1.807, 2.05) is 39.8 Å². The zero-order chi connectivity index (χ0) is 26.8. The van der Waals surface area contributed by atoms with Crippen molar-refractivity contribution in [1.82, 2.24) is 9.62 Å². The van der Waals surface area contributed by atoms with Crippen LogP contribution in [0.25, 0.3) is 10.8 Å². The Kier molecular flexibility index (Phi) is 7.71. The van der Waals surface area contributed by atoms with Crippen LogP contribution in [0.15, 0.2) is 65.6 Å². The smallest absolute Gasteiger partial charge is 0.267 e. The monoisotopic (exact) mass is 521 g/mol. The predicted molar refractivity (Wildman–Crippen MR) is 147 cm³/mol. The minimum Gasteiger partial charge on any atom is -0.321 e. The van der Waals surface area contributed by atoms with Crippen molar-refractivity contribution in [3.63, 3.8) is 0 Å². The van der Waals surface area contributed by atoms with Crippen molar-refractivity contribution in [2.45, 2.75) is 57.9 Å². The highest BCUT2D eigenvalue weighted by molar-refractivity contribution is 7.90. The Balaban J connectivity index is 1.81. The molecule has 1 saturated heterocycles. The maximum Gasteiger partial charge on any atom is 0.267 e. The van der Waals surface area contributed by atoms with E-state index in [4.69, 9.17) is 0 Å². The number of carbonyl (C=O) groups excluding carboxylic acids is 2. The van der Waals surface area contributed by atoms with Gasteiger partial charge < -0.3 is 10.6 Å². The standard InChI is InChI=1S/C29H35N3O4S/c1-5-10-27(33)32(26-17-18-30-19-29(26,3)4)37(35,36)25-16-15-24(22-13-8-9-14-23(22)25)31-28(34)21-12-7-6-11-20(21)2/h6-9,11-16,26,30H,5,10,17-19H2,1-4H3,(H,31,34). The Labute approximate surface area is 219 Å². The van der Waals surface area contributed by atoms with Gasteiger partial charge >= 0.3 is 0 Å². The van der Waals surface area contributed by atoms with E-state index in [1.165, 1.54) is 6.07 Å². The zero-order valence-electron chi connectivity index (χ0n) is 21.9. The second-order valence-corrected chi connectivity index (χ2v) is 12.1. The Bertz CT molecular complexity index is 1430. The van der Waals surface area contributed by atoms with Crippen LogP contribution in [0.1, 0.15) is 56.0 Å². The summed E-state index contributed by atoms with van der Waals surface area (Å²) in [7, 11) is -4.18. The highest BCUT2D eigenvalue weighted by atomic mass is 32.2. The van der Waals surface area contributed by atoms with Crippen LogP contribution in [0.5, 0.6) is 0 Å². The van der Waals surface area contributed by atoms with Crippen LogP contribution >= 0.6 is 0 Å². The Morgan fingerprint density at radius 1 is 1.03 bits per heavy atom. The highest BCUT2D eigenvalue weighted by Crippen LogP contribution is 2.37. The minimum absolute atomic E-state index is 0.0655. The number of benzene rings is 3. The second-order valence-electron chi connectivity index (χ2n) is 10.3. The number of carbonyl (C=O) groups is 2. The summed E-state index contributed by atoms with van der Waals surface area (Å²) in [4.78, 5) is 26.4. The molecule has 37 heavy (non-hydrogen) atoms. The molecule has 0 aromatic heterocycles. The van der Waals surface area contributed by atoms with Crippen LogP contribution in [0.2, 0.25) is 0 Å².